The Bertz CT molecular complexity index is 520. The molecule has 0 saturated heterocycles. The summed E-state index contributed by atoms with van der Waals surface area (Å²) >= 11 is 6.75. The average molecular weight is 333 g/mol. The smallest absolute Gasteiger partial charge is 0.170 e. The van der Waals surface area contributed by atoms with E-state index in [4.69, 9.17) is 0 Å². The number of rotatable bonds is 4. The van der Waals surface area contributed by atoms with Gasteiger partial charge in [0.1, 0.15) is 5.82 Å². The van der Waals surface area contributed by atoms with E-state index in [9.17, 15) is 0 Å². The van der Waals surface area contributed by atoms with Crippen molar-refractivity contribution in [3.8, 4) is 0 Å². The van der Waals surface area contributed by atoms with Crippen LogP contribution in [0.3, 0.4) is 0 Å². The number of aromatic nitrogens is 4. The Kier molecular flexibility index (Phi) is 4.22. The number of hydrogen-bond donors (Lipinski definition) is 0. The number of halogens is 1. The van der Waals surface area contributed by atoms with Crippen molar-refractivity contribution < 1.29 is 0 Å². The van der Waals surface area contributed by atoms with Crippen LogP contribution in [0.5, 0.6) is 0 Å². The lowest BCUT2D eigenvalue weighted by Gasteiger charge is -2.03. The molecule has 0 aliphatic rings. The van der Waals surface area contributed by atoms with Gasteiger partial charge in [-0.3, -0.25) is 4.68 Å². The van der Waals surface area contributed by atoms with Gasteiger partial charge in [0.05, 0.1) is 15.9 Å². The first-order chi connectivity index (χ1) is 8.11. The molecule has 0 unspecified atom stereocenters. The summed E-state index contributed by atoms with van der Waals surface area (Å²) < 4.78 is 8.32. The molecule has 2 rings (SSSR count). The molecule has 0 radical (unpaired) electrons. The number of hydrogen-bond acceptors (Lipinski definition) is 5. The second-order valence-corrected chi connectivity index (χ2v) is 6.33. The van der Waals surface area contributed by atoms with Crippen LogP contribution in [0.15, 0.2) is 8.81 Å². The third-order valence-corrected chi connectivity index (χ3v) is 5.26. The Hall–Kier alpha value is -0.400. The van der Waals surface area contributed by atoms with Crippen molar-refractivity contribution in [3.63, 3.8) is 0 Å². The van der Waals surface area contributed by atoms with Crippen LogP contribution in [0.1, 0.15) is 24.1 Å². The van der Waals surface area contributed by atoms with Gasteiger partial charge in [-0.25, -0.2) is 4.98 Å². The zero-order chi connectivity index (χ0) is 12.4. The Labute approximate surface area is 117 Å². The van der Waals surface area contributed by atoms with Crippen molar-refractivity contribution in [3.05, 3.63) is 21.7 Å². The van der Waals surface area contributed by atoms with Crippen LogP contribution in [0.4, 0.5) is 0 Å². The van der Waals surface area contributed by atoms with Gasteiger partial charge in [-0.05, 0) is 48.2 Å². The van der Waals surface area contributed by atoms with Gasteiger partial charge in [0.25, 0.3) is 0 Å². The van der Waals surface area contributed by atoms with Crippen molar-refractivity contribution in [2.45, 2.75) is 37.4 Å². The van der Waals surface area contributed by atoms with E-state index in [1.54, 1.807) is 11.8 Å². The monoisotopic (exact) mass is 332 g/mol. The molecule has 0 N–H and O–H groups in total. The molecule has 92 valence electrons. The lowest BCUT2D eigenvalue weighted by Crippen LogP contribution is -2.01. The molecule has 2 aromatic heterocycles. The molecule has 4 nitrogen and oxygen atoms in total. The van der Waals surface area contributed by atoms with Crippen LogP contribution < -0.4 is 0 Å². The van der Waals surface area contributed by atoms with Gasteiger partial charge in [0.2, 0.25) is 0 Å². The molecule has 0 atom stereocenters. The van der Waals surface area contributed by atoms with Crippen molar-refractivity contribution in [1.82, 2.24) is 19.1 Å². The molecule has 0 aromatic carbocycles. The van der Waals surface area contributed by atoms with Crippen LogP contribution in [0, 0.1) is 13.8 Å². The van der Waals surface area contributed by atoms with Gasteiger partial charge in [0, 0.05) is 12.3 Å². The fourth-order valence-corrected chi connectivity index (χ4v) is 3.76. The van der Waals surface area contributed by atoms with E-state index in [1.165, 1.54) is 17.2 Å². The fraction of sp³-hybridized carbons (Fsp3) is 0.500. The first-order valence-corrected chi connectivity index (χ1v) is 7.82. The van der Waals surface area contributed by atoms with Crippen molar-refractivity contribution >= 4 is 39.2 Å². The van der Waals surface area contributed by atoms with Crippen molar-refractivity contribution in [2.75, 3.05) is 0 Å². The first-order valence-electron chi connectivity index (χ1n) is 5.26. The van der Waals surface area contributed by atoms with E-state index < -0.39 is 0 Å². The minimum absolute atomic E-state index is 0.844. The number of nitrogens with zero attached hydrogens (tertiary/aromatic N) is 4. The third kappa shape index (κ3) is 2.89. The Balaban J connectivity index is 2.13. The van der Waals surface area contributed by atoms with E-state index in [2.05, 4.69) is 37.3 Å². The maximum absolute atomic E-state index is 4.47. The van der Waals surface area contributed by atoms with Crippen molar-refractivity contribution in [1.29, 1.82) is 0 Å². The molecule has 2 aromatic rings. The Morgan fingerprint density at radius 1 is 1.41 bits per heavy atom. The van der Waals surface area contributed by atoms with Gasteiger partial charge >= 0.3 is 0 Å². The Morgan fingerprint density at radius 2 is 2.18 bits per heavy atom. The molecule has 0 aliphatic carbocycles. The largest absolute Gasteiger partial charge is 0.268 e. The highest BCUT2D eigenvalue weighted by Gasteiger charge is 2.13. The molecule has 0 spiro atoms. The summed E-state index contributed by atoms with van der Waals surface area (Å²) in [5.74, 6) is 1.71. The highest BCUT2D eigenvalue weighted by molar-refractivity contribution is 9.10. The maximum atomic E-state index is 4.47. The van der Waals surface area contributed by atoms with E-state index in [1.807, 2.05) is 18.5 Å². The predicted octanol–water partition coefficient (Wildman–Crippen LogP) is 3.43. The van der Waals surface area contributed by atoms with Crippen LogP contribution in [0.2, 0.25) is 0 Å². The van der Waals surface area contributed by atoms with E-state index in [0.29, 0.717) is 0 Å². The number of aryl methyl sites for hydroxylation is 3. The lowest BCUT2D eigenvalue weighted by molar-refractivity contribution is 0.631. The standard InChI is InChI=1S/C10H13BrN4S2/c1-4-15-8(9(11)6(2)13-15)5-16-10-12-7(3)14-17-10/h4-5H2,1-3H3. The molecule has 0 bridgehead atoms. The van der Waals surface area contributed by atoms with E-state index in [-0.39, 0.29) is 0 Å². The zero-order valence-electron chi connectivity index (χ0n) is 9.90. The molecular formula is C10H13BrN4S2. The highest BCUT2D eigenvalue weighted by Crippen LogP contribution is 2.29. The normalized spacial score (nSPS) is 11.1. The fourth-order valence-electron chi connectivity index (χ4n) is 1.47. The molecule has 0 aliphatic heterocycles. The molecular weight excluding hydrogens is 320 g/mol. The molecule has 7 heteroatoms. The van der Waals surface area contributed by atoms with Crippen LogP contribution in [-0.2, 0) is 12.3 Å². The van der Waals surface area contributed by atoms with Crippen LogP contribution >= 0.6 is 39.2 Å². The maximum Gasteiger partial charge on any atom is 0.170 e. The van der Waals surface area contributed by atoms with Gasteiger partial charge in [0.15, 0.2) is 4.34 Å². The molecule has 17 heavy (non-hydrogen) atoms. The summed E-state index contributed by atoms with van der Waals surface area (Å²) in [7, 11) is 0. The zero-order valence-corrected chi connectivity index (χ0v) is 13.1. The molecule has 0 amide bonds. The lowest BCUT2D eigenvalue weighted by atomic mass is 10.4. The first kappa shape index (κ1) is 13.0. The minimum atomic E-state index is 0.844. The SMILES string of the molecule is CCn1nc(C)c(Br)c1CSc1nc(C)ns1. The molecule has 0 saturated carbocycles. The van der Waals surface area contributed by atoms with Gasteiger partial charge in [-0.1, -0.05) is 11.8 Å². The van der Waals surface area contributed by atoms with E-state index in [0.717, 1.165) is 32.6 Å². The average Bonchev–Trinajstić information content (AvgIpc) is 2.83. The summed E-state index contributed by atoms with van der Waals surface area (Å²) in [4.78, 5) is 4.34. The topological polar surface area (TPSA) is 43.6 Å². The van der Waals surface area contributed by atoms with Crippen LogP contribution in [0.25, 0.3) is 0 Å². The van der Waals surface area contributed by atoms with E-state index >= 15 is 0 Å². The van der Waals surface area contributed by atoms with Gasteiger partial charge in [-0.2, -0.15) is 9.47 Å². The van der Waals surface area contributed by atoms with Gasteiger partial charge in [-0.15, -0.1) is 0 Å². The summed E-state index contributed by atoms with van der Waals surface area (Å²) in [6, 6.07) is 0. The molecule has 2 heterocycles. The summed E-state index contributed by atoms with van der Waals surface area (Å²) in [6.07, 6.45) is 0. The summed E-state index contributed by atoms with van der Waals surface area (Å²) in [5, 5.41) is 4.47. The number of thioether (sulfide) groups is 1. The van der Waals surface area contributed by atoms with Crippen molar-refractivity contribution in [2.24, 2.45) is 0 Å². The predicted molar refractivity (Wildman–Crippen MR) is 74.5 cm³/mol. The minimum Gasteiger partial charge on any atom is -0.268 e. The second kappa shape index (κ2) is 5.49. The second-order valence-electron chi connectivity index (χ2n) is 3.56. The third-order valence-electron chi connectivity index (χ3n) is 2.29. The highest BCUT2D eigenvalue weighted by atomic mass is 79.9. The molecule has 0 fully saturated rings. The van der Waals surface area contributed by atoms with Gasteiger partial charge < -0.3 is 0 Å². The Morgan fingerprint density at radius 3 is 2.76 bits per heavy atom. The summed E-state index contributed by atoms with van der Waals surface area (Å²) in [5.41, 5.74) is 2.25. The summed E-state index contributed by atoms with van der Waals surface area (Å²) in [6.45, 7) is 6.91. The quantitative estimate of drug-likeness (QED) is 0.804. The van der Waals surface area contributed by atoms with Crippen LogP contribution in [-0.4, -0.2) is 19.1 Å².